The van der Waals surface area contributed by atoms with E-state index in [1.54, 1.807) is 23.2 Å². The second-order valence-electron chi connectivity index (χ2n) is 6.79. The first-order valence-electron chi connectivity index (χ1n) is 9.31. The molecule has 0 radical (unpaired) electrons. The molecule has 2 aromatic heterocycles. The molecule has 2 N–H and O–H groups in total. The summed E-state index contributed by atoms with van der Waals surface area (Å²) in [5.74, 6) is 2.92. The summed E-state index contributed by atoms with van der Waals surface area (Å²) in [5, 5.41) is 10.0. The molecule has 4 rings (SSSR count). The first kappa shape index (κ1) is 18.0. The van der Waals surface area contributed by atoms with Crippen molar-refractivity contribution in [1.29, 1.82) is 0 Å². The number of likely N-dealkylation sites (tertiary alicyclic amines) is 1. The van der Waals surface area contributed by atoms with Crippen molar-refractivity contribution in [3.05, 3.63) is 60.3 Å². The molecule has 0 spiro atoms. The molecule has 8 heteroatoms. The van der Waals surface area contributed by atoms with Gasteiger partial charge in [0.1, 0.15) is 11.6 Å². The number of carbonyl (C=O) groups excluding carboxylic acids is 1. The predicted molar refractivity (Wildman–Crippen MR) is 104 cm³/mol. The molecule has 1 atom stereocenters. The second kappa shape index (κ2) is 8.08. The molecule has 2 amide bonds. The number of aromatic nitrogens is 4. The number of piperidine rings is 1. The van der Waals surface area contributed by atoms with E-state index in [2.05, 4.69) is 25.5 Å². The van der Waals surface area contributed by atoms with Crippen LogP contribution in [0.25, 0.3) is 0 Å². The Hall–Kier alpha value is -3.42. The zero-order valence-corrected chi connectivity index (χ0v) is 15.6. The number of H-pyrrole nitrogens is 1. The number of para-hydroxylation sites is 1. The van der Waals surface area contributed by atoms with Crippen molar-refractivity contribution in [1.82, 2.24) is 25.1 Å². The third-order valence-corrected chi connectivity index (χ3v) is 4.64. The van der Waals surface area contributed by atoms with E-state index in [9.17, 15) is 4.79 Å². The van der Waals surface area contributed by atoms with Gasteiger partial charge in [-0.05, 0) is 38.0 Å². The summed E-state index contributed by atoms with van der Waals surface area (Å²) in [7, 11) is 0. The van der Waals surface area contributed by atoms with Gasteiger partial charge >= 0.3 is 6.03 Å². The molecule has 28 heavy (non-hydrogen) atoms. The first-order valence-corrected chi connectivity index (χ1v) is 9.31. The number of ether oxygens (including phenoxy) is 1. The lowest BCUT2D eigenvalue weighted by molar-refractivity contribution is 0.191. The molecule has 0 unspecified atom stereocenters. The Kier molecular flexibility index (Phi) is 5.18. The van der Waals surface area contributed by atoms with Crippen LogP contribution in [-0.2, 0) is 0 Å². The van der Waals surface area contributed by atoms with E-state index in [0.29, 0.717) is 30.4 Å². The average molecular weight is 378 g/mol. The Morgan fingerprint density at radius 1 is 1.25 bits per heavy atom. The molecule has 0 saturated carbocycles. The van der Waals surface area contributed by atoms with Crippen LogP contribution in [-0.4, -0.2) is 44.2 Å². The summed E-state index contributed by atoms with van der Waals surface area (Å²) in [6.07, 6.45) is 3.50. The van der Waals surface area contributed by atoms with E-state index in [1.807, 2.05) is 37.3 Å². The fourth-order valence-corrected chi connectivity index (χ4v) is 3.24. The number of hydrogen-bond donors (Lipinski definition) is 2. The van der Waals surface area contributed by atoms with E-state index < -0.39 is 0 Å². The molecular formula is C20H22N6O2. The zero-order valence-electron chi connectivity index (χ0n) is 15.6. The van der Waals surface area contributed by atoms with Crippen LogP contribution in [0.4, 0.5) is 10.5 Å². The standard InChI is InChI=1S/C20H22N6O2/c1-14-22-19(25-24-14)15-6-5-11-26(13-15)20(27)23-16-9-10-18(21-12-16)28-17-7-3-2-4-8-17/h2-4,7-10,12,15H,5-6,11,13H2,1H3,(H,23,27)(H,22,24,25)/t15-/m1/s1. The van der Waals surface area contributed by atoms with Crippen LogP contribution < -0.4 is 10.1 Å². The van der Waals surface area contributed by atoms with E-state index in [-0.39, 0.29) is 11.9 Å². The van der Waals surface area contributed by atoms with E-state index in [1.165, 1.54) is 0 Å². The third-order valence-electron chi connectivity index (χ3n) is 4.64. The third kappa shape index (κ3) is 4.28. The fourth-order valence-electron chi connectivity index (χ4n) is 3.24. The number of pyridine rings is 1. The van der Waals surface area contributed by atoms with Gasteiger partial charge in [-0.2, -0.15) is 5.10 Å². The average Bonchev–Trinajstić information content (AvgIpc) is 3.17. The van der Waals surface area contributed by atoms with Crippen molar-refractivity contribution in [3.63, 3.8) is 0 Å². The SMILES string of the molecule is Cc1nc([C@@H]2CCCN(C(=O)Nc3ccc(Oc4ccccc4)nc3)C2)n[nH]1. The Bertz CT molecular complexity index is 925. The lowest BCUT2D eigenvalue weighted by atomic mass is 9.98. The Morgan fingerprint density at radius 3 is 2.82 bits per heavy atom. The largest absolute Gasteiger partial charge is 0.439 e. The number of amides is 2. The molecule has 3 aromatic rings. The highest BCUT2D eigenvalue weighted by Crippen LogP contribution is 2.25. The van der Waals surface area contributed by atoms with Gasteiger partial charge in [-0.15, -0.1) is 0 Å². The topological polar surface area (TPSA) is 96.0 Å². The monoisotopic (exact) mass is 378 g/mol. The van der Waals surface area contributed by atoms with Gasteiger partial charge in [-0.3, -0.25) is 5.10 Å². The summed E-state index contributed by atoms with van der Waals surface area (Å²) < 4.78 is 5.67. The zero-order chi connectivity index (χ0) is 19.3. The predicted octanol–water partition coefficient (Wildman–Crippen LogP) is 3.71. The number of aryl methyl sites for hydroxylation is 1. The highest BCUT2D eigenvalue weighted by molar-refractivity contribution is 5.89. The van der Waals surface area contributed by atoms with Gasteiger partial charge in [0.05, 0.1) is 11.9 Å². The molecule has 0 aliphatic carbocycles. The Balaban J connectivity index is 1.35. The van der Waals surface area contributed by atoms with Crippen molar-refractivity contribution in [3.8, 4) is 11.6 Å². The van der Waals surface area contributed by atoms with Gasteiger partial charge < -0.3 is 15.0 Å². The van der Waals surface area contributed by atoms with Crippen LogP contribution in [0.2, 0.25) is 0 Å². The highest BCUT2D eigenvalue weighted by atomic mass is 16.5. The van der Waals surface area contributed by atoms with Crippen molar-refractivity contribution >= 4 is 11.7 Å². The number of carbonyl (C=O) groups is 1. The number of benzene rings is 1. The molecule has 1 saturated heterocycles. The fraction of sp³-hybridized carbons (Fsp3) is 0.300. The summed E-state index contributed by atoms with van der Waals surface area (Å²) in [5.41, 5.74) is 0.626. The van der Waals surface area contributed by atoms with E-state index in [4.69, 9.17) is 4.74 Å². The number of urea groups is 1. The number of nitrogens with one attached hydrogen (secondary N) is 2. The first-order chi connectivity index (χ1) is 13.7. The maximum absolute atomic E-state index is 12.6. The van der Waals surface area contributed by atoms with Crippen LogP contribution >= 0.6 is 0 Å². The van der Waals surface area contributed by atoms with Gasteiger partial charge in [0.15, 0.2) is 5.82 Å². The minimum atomic E-state index is -0.143. The van der Waals surface area contributed by atoms with Gasteiger partial charge in [0, 0.05) is 25.1 Å². The Morgan fingerprint density at radius 2 is 2.11 bits per heavy atom. The lowest BCUT2D eigenvalue weighted by Gasteiger charge is -2.31. The molecule has 8 nitrogen and oxygen atoms in total. The number of aromatic amines is 1. The minimum Gasteiger partial charge on any atom is -0.439 e. The molecule has 1 aromatic carbocycles. The molecule has 3 heterocycles. The summed E-state index contributed by atoms with van der Waals surface area (Å²) in [6, 6.07) is 12.8. The quantitative estimate of drug-likeness (QED) is 0.721. The maximum atomic E-state index is 12.6. The summed E-state index contributed by atoms with van der Waals surface area (Å²) in [4.78, 5) is 23.1. The second-order valence-corrected chi connectivity index (χ2v) is 6.79. The number of nitrogens with zero attached hydrogens (tertiary/aromatic N) is 4. The maximum Gasteiger partial charge on any atom is 0.321 e. The molecular weight excluding hydrogens is 356 g/mol. The molecule has 1 aliphatic heterocycles. The van der Waals surface area contributed by atoms with Crippen molar-refractivity contribution in [2.24, 2.45) is 0 Å². The van der Waals surface area contributed by atoms with Crippen LogP contribution in [0.3, 0.4) is 0 Å². The lowest BCUT2D eigenvalue weighted by Crippen LogP contribution is -2.41. The highest BCUT2D eigenvalue weighted by Gasteiger charge is 2.27. The molecule has 1 aliphatic rings. The van der Waals surface area contributed by atoms with Gasteiger partial charge in [0.2, 0.25) is 5.88 Å². The summed E-state index contributed by atoms with van der Waals surface area (Å²) in [6.45, 7) is 3.20. The summed E-state index contributed by atoms with van der Waals surface area (Å²) >= 11 is 0. The number of anilines is 1. The van der Waals surface area contributed by atoms with Gasteiger partial charge in [-0.1, -0.05) is 18.2 Å². The minimum absolute atomic E-state index is 0.143. The van der Waals surface area contributed by atoms with Crippen molar-refractivity contribution in [2.45, 2.75) is 25.7 Å². The molecule has 1 fully saturated rings. The van der Waals surface area contributed by atoms with Gasteiger partial charge in [0.25, 0.3) is 0 Å². The van der Waals surface area contributed by atoms with Crippen LogP contribution in [0.1, 0.15) is 30.4 Å². The number of rotatable bonds is 4. The normalized spacial score (nSPS) is 16.6. The van der Waals surface area contributed by atoms with Crippen LogP contribution in [0, 0.1) is 6.92 Å². The van der Waals surface area contributed by atoms with Crippen LogP contribution in [0.5, 0.6) is 11.6 Å². The molecule has 144 valence electrons. The van der Waals surface area contributed by atoms with Gasteiger partial charge in [-0.25, -0.2) is 14.8 Å². The smallest absolute Gasteiger partial charge is 0.321 e. The van der Waals surface area contributed by atoms with Crippen molar-refractivity contribution < 1.29 is 9.53 Å². The van der Waals surface area contributed by atoms with Crippen LogP contribution in [0.15, 0.2) is 48.7 Å². The molecule has 0 bridgehead atoms. The number of hydrogen-bond acceptors (Lipinski definition) is 5. The Labute approximate surface area is 163 Å². The van der Waals surface area contributed by atoms with Crippen molar-refractivity contribution in [2.75, 3.05) is 18.4 Å². The van der Waals surface area contributed by atoms with E-state index >= 15 is 0 Å². The van der Waals surface area contributed by atoms with E-state index in [0.717, 1.165) is 24.5 Å².